The van der Waals surface area contributed by atoms with Gasteiger partial charge in [0, 0.05) is 23.8 Å². The maximum Gasteiger partial charge on any atom is 0.233 e. The van der Waals surface area contributed by atoms with E-state index in [2.05, 4.69) is 40.9 Å². The zero-order valence-corrected chi connectivity index (χ0v) is 15.5. The highest BCUT2D eigenvalue weighted by molar-refractivity contribution is 5.59. The number of nitrogens with one attached hydrogen (secondary N) is 3. The molecule has 0 fully saturated rings. The molecule has 150 valence electrons. The lowest BCUT2D eigenvalue weighted by molar-refractivity contribution is 0.627. The van der Waals surface area contributed by atoms with Crippen molar-refractivity contribution in [2.75, 3.05) is 16.0 Å². The van der Waals surface area contributed by atoms with Crippen LogP contribution < -0.4 is 16.0 Å². The predicted molar refractivity (Wildman–Crippen MR) is 109 cm³/mol. The summed E-state index contributed by atoms with van der Waals surface area (Å²) in [6.45, 7) is 0.302. The Bertz CT molecular complexity index is 1040. The van der Waals surface area contributed by atoms with Crippen LogP contribution >= 0.6 is 0 Å². The molecule has 0 bridgehead atoms. The number of aromatic nitrogens is 5. The van der Waals surface area contributed by atoms with Gasteiger partial charge in [0.25, 0.3) is 0 Å². The van der Waals surface area contributed by atoms with Gasteiger partial charge in [0.1, 0.15) is 17.5 Å². The minimum atomic E-state index is -0.347. The third-order valence-corrected chi connectivity index (χ3v) is 3.86. The Kier molecular flexibility index (Phi) is 5.65. The van der Waals surface area contributed by atoms with Gasteiger partial charge in [-0.1, -0.05) is 0 Å². The number of rotatable bonds is 7. The Morgan fingerprint density at radius 3 is 1.60 bits per heavy atom. The molecule has 0 aliphatic rings. The van der Waals surface area contributed by atoms with E-state index in [1.54, 1.807) is 42.7 Å². The number of halogens is 2. The fourth-order valence-electron chi connectivity index (χ4n) is 2.47. The van der Waals surface area contributed by atoms with Crippen LogP contribution in [-0.2, 0) is 6.54 Å². The third-order valence-electron chi connectivity index (χ3n) is 3.86. The van der Waals surface area contributed by atoms with E-state index in [0.29, 0.717) is 23.7 Å². The molecule has 0 aliphatic carbocycles. The van der Waals surface area contributed by atoms with E-state index in [-0.39, 0.29) is 29.5 Å². The molecule has 0 saturated carbocycles. The summed E-state index contributed by atoms with van der Waals surface area (Å²) in [6.07, 6.45) is 3.28. The van der Waals surface area contributed by atoms with Gasteiger partial charge in [0.15, 0.2) is 0 Å². The Hall–Kier alpha value is -4.21. The molecule has 4 rings (SSSR count). The predicted octanol–water partition coefficient (Wildman–Crippen LogP) is 4.04. The van der Waals surface area contributed by atoms with Gasteiger partial charge >= 0.3 is 0 Å². The van der Waals surface area contributed by atoms with Gasteiger partial charge < -0.3 is 16.0 Å². The van der Waals surface area contributed by atoms with Crippen LogP contribution in [0.15, 0.2) is 67.0 Å². The van der Waals surface area contributed by atoms with Gasteiger partial charge in [0.05, 0.1) is 6.54 Å². The van der Waals surface area contributed by atoms with E-state index < -0.39 is 0 Å². The summed E-state index contributed by atoms with van der Waals surface area (Å²) >= 11 is 0. The van der Waals surface area contributed by atoms with E-state index in [4.69, 9.17) is 0 Å². The normalized spacial score (nSPS) is 10.5. The Labute approximate surface area is 170 Å². The third kappa shape index (κ3) is 5.19. The van der Waals surface area contributed by atoms with Crippen LogP contribution in [0.3, 0.4) is 0 Å². The molecule has 0 radical (unpaired) electrons. The smallest absolute Gasteiger partial charge is 0.233 e. The molecule has 2 heterocycles. The summed E-state index contributed by atoms with van der Waals surface area (Å²) < 4.78 is 26.3. The molecule has 0 unspecified atom stereocenters. The van der Waals surface area contributed by atoms with Crippen molar-refractivity contribution in [2.45, 2.75) is 6.54 Å². The fourth-order valence-corrected chi connectivity index (χ4v) is 2.47. The monoisotopic (exact) mass is 406 g/mol. The molecule has 2 aromatic heterocycles. The van der Waals surface area contributed by atoms with Crippen molar-refractivity contribution in [3.8, 4) is 0 Å². The minimum absolute atomic E-state index is 0.234. The van der Waals surface area contributed by atoms with E-state index in [1.807, 2.05) is 0 Å². The molecule has 0 aliphatic heterocycles. The van der Waals surface area contributed by atoms with Crippen molar-refractivity contribution in [3.05, 3.63) is 84.4 Å². The SMILES string of the molecule is Fc1ccc(Nc2nc(NCc3ncccn3)nc(Nc3ccc(F)cc3)n2)cc1. The minimum Gasteiger partial charge on any atom is -0.347 e. The molecular formula is C20H16F2N8. The first-order valence-electron chi connectivity index (χ1n) is 8.95. The number of anilines is 5. The van der Waals surface area contributed by atoms with Gasteiger partial charge in [-0.3, -0.25) is 0 Å². The largest absolute Gasteiger partial charge is 0.347 e. The van der Waals surface area contributed by atoms with E-state index in [0.717, 1.165) is 0 Å². The van der Waals surface area contributed by atoms with Crippen LogP contribution in [0, 0.1) is 11.6 Å². The average molecular weight is 406 g/mol. The quantitative estimate of drug-likeness (QED) is 0.423. The maximum atomic E-state index is 13.2. The van der Waals surface area contributed by atoms with E-state index >= 15 is 0 Å². The van der Waals surface area contributed by atoms with Crippen LogP contribution in [0.5, 0.6) is 0 Å². The number of nitrogens with zero attached hydrogens (tertiary/aromatic N) is 5. The highest BCUT2D eigenvalue weighted by Crippen LogP contribution is 2.19. The summed E-state index contributed by atoms with van der Waals surface area (Å²) in [6, 6.07) is 13.3. The molecule has 0 spiro atoms. The maximum absolute atomic E-state index is 13.2. The van der Waals surface area contributed by atoms with Gasteiger partial charge in [-0.05, 0) is 54.6 Å². The molecule has 3 N–H and O–H groups in total. The molecule has 2 aromatic carbocycles. The van der Waals surface area contributed by atoms with Crippen LogP contribution in [0.1, 0.15) is 5.82 Å². The molecule has 0 saturated heterocycles. The average Bonchev–Trinajstić information content (AvgIpc) is 2.76. The van der Waals surface area contributed by atoms with Gasteiger partial charge in [-0.15, -0.1) is 0 Å². The van der Waals surface area contributed by atoms with Crippen molar-refractivity contribution in [1.29, 1.82) is 0 Å². The van der Waals surface area contributed by atoms with E-state index in [1.165, 1.54) is 24.3 Å². The Morgan fingerprint density at radius 2 is 1.10 bits per heavy atom. The van der Waals surface area contributed by atoms with Crippen molar-refractivity contribution >= 4 is 29.2 Å². The summed E-state index contributed by atoms with van der Waals surface area (Å²) in [5, 5.41) is 9.05. The van der Waals surface area contributed by atoms with Crippen molar-refractivity contribution < 1.29 is 8.78 Å². The zero-order chi connectivity index (χ0) is 20.8. The van der Waals surface area contributed by atoms with Gasteiger partial charge in [-0.2, -0.15) is 15.0 Å². The second-order valence-corrected chi connectivity index (χ2v) is 6.09. The highest BCUT2D eigenvalue weighted by atomic mass is 19.1. The number of hydrogen-bond donors (Lipinski definition) is 3. The van der Waals surface area contributed by atoms with Crippen LogP contribution in [0.4, 0.5) is 38.0 Å². The summed E-state index contributed by atoms with van der Waals surface area (Å²) in [7, 11) is 0. The van der Waals surface area contributed by atoms with Crippen molar-refractivity contribution in [3.63, 3.8) is 0 Å². The lowest BCUT2D eigenvalue weighted by Gasteiger charge is -2.11. The number of hydrogen-bond acceptors (Lipinski definition) is 8. The van der Waals surface area contributed by atoms with Gasteiger partial charge in [-0.25, -0.2) is 18.7 Å². The zero-order valence-electron chi connectivity index (χ0n) is 15.5. The first-order chi connectivity index (χ1) is 14.6. The van der Waals surface area contributed by atoms with Crippen molar-refractivity contribution in [2.24, 2.45) is 0 Å². The van der Waals surface area contributed by atoms with Crippen LogP contribution in [0.25, 0.3) is 0 Å². The summed E-state index contributed by atoms with van der Waals surface area (Å²) in [5.41, 5.74) is 1.21. The lowest BCUT2D eigenvalue weighted by Crippen LogP contribution is -2.11. The molecule has 8 nitrogen and oxygen atoms in total. The topological polar surface area (TPSA) is 101 Å². The summed E-state index contributed by atoms with van der Waals surface area (Å²) in [5.74, 6) is 0.612. The molecule has 4 aromatic rings. The second-order valence-electron chi connectivity index (χ2n) is 6.09. The van der Waals surface area contributed by atoms with Gasteiger partial charge in [0.2, 0.25) is 17.8 Å². The molecular weight excluding hydrogens is 390 g/mol. The van der Waals surface area contributed by atoms with Crippen molar-refractivity contribution in [1.82, 2.24) is 24.9 Å². The highest BCUT2D eigenvalue weighted by Gasteiger charge is 2.09. The first kappa shape index (κ1) is 19.1. The summed E-state index contributed by atoms with van der Waals surface area (Å²) in [4.78, 5) is 21.3. The molecule has 10 heteroatoms. The Balaban J connectivity index is 1.58. The number of benzene rings is 2. The molecule has 0 atom stereocenters. The lowest BCUT2D eigenvalue weighted by atomic mass is 10.3. The van der Waals surface area contributed by atoms with Crippen LogP contribution in [0.2, 0.25) is 0 Å². The standard InChI is InChI=1S/C20H16F2N8/c21-13-2-6-15(7-3-13)26-19-28-18(25-12-17-23-10-1-11-24-17)29-20(30-19)27-16-8-4-14(22)5-9-16/h1-11H,12H2,(H3,25,26,27,28,29,30). The fraction of sp³-hybridized carbons (Fsp3) is 0.0500. The first-order valence-corrected chi connectivity index (χ1v) is 8.95. The Morgan fingerprint density at radius 1 is 0.633 bits per heavy atom. The van der Waals surface area contributed by atoms with Crippen LogP contribution in [-0.4, -0.2) is 24.9 Å². The molecule has 30 heavy (non-hydrogen) atoms. The van der Waals surface area contributed by atoms with E-state index in [9.17, 15) is 8.78 Å². The molecule has 0 amide bonds. The second kappa shape index (κ2) is 8.86.